The second kappa shape index (κ2) is 9.15. The standard InChI is InChI=1S/C19H38N2/c1-3-11-18(12-4-2)20-17-19(13-7-5-8-14-19)21-15-9-6-10-16-21/h18,20H,3-17H2,1-2H3. The summed E-state index contributed by atoms with van der Waals surface area (Å²) in [4.78, 5) is 2.87. The maximum atomic E-state index is 3.99. The Morgan fingerprint density at radius 2 is 1.43 bits per heavy atom. The molecule has 1 aliphatic carbocycles. The average Bonchev–Trinajstić information content (AvgIpc) is 2.55. The van der Waals surface area contributed by atoms with Gasteiger partial charge in [-0.15, -0.1) is 0 Å². The Balaban J connectivity index is 1.94. The lowest BCUT2D eigenvalue weighted by molar-refractivity contribution is 0.0309. The minimum atomic E-state index is 0.498. The fourth-order valence-corrected chi connectivity index (χ4v) is 4.56. The van der Waals surface area contributed by atoms with Crippen LogP contribution in [0.4, 0.5) is 0 Å². The number of likely N-dealkylation sites (tertiary alicyclic amines) is 1. The van der Waals surface area contributed by atoms with Crippen molar-refractivity contribution in [2.24, 2.45) is 0 Å². The number of hydrogen-bond acceptors (Lipinski definition) is 2. The fourth-order valence-electron chi connectivity index (χ4n) is 4.56. The molecule has 1 heterocycles. The van der Waals surface area contributed by atoms with Crippen LogP contribution in [0.15, 0.2) is 0 Å². The Morgan fingerprint density at radius 1 is 0.857 bits per heavy atom. The van der Waals surface area contributed by atoms with Crippen molar-refractivity contribution in [3.05, 3.63) is 0 Å². The predicted molar refractivity (Wildman–Crippen MR) is 92.8 cm³/mol. The first-order valence-corrected chi connectivity index (χ1v) is 9.79. The molecule has 2 fully saturated rings. The van der Waals surface area contributed by atoms with Gasteiger partial charge in [0.1, 0.15) is 0 Å². The molecule has 1 saturated heterocycles. The van der Waals surface area contributed by atoms with Gasteiger partial charge in [0.2, 0.25) is 0 Å². The van der Waals surface area contributed by atoms with Gasteiger partial charge in [-0.2, -0.15) is 0 Å². The molecule has 2 heteroatoms. The van der Waals surface area contributed by atoms with Crippen molar-refractivity contribution in [2.45, 2.75) is 102 Å². The highest BCUT2D eigenvalue weighted by Crippen LogP contribution is 2.35. The second-order valence-corrected chi connectivity index (χ2v) is 7.49. The molecule has 0 unspecified atom stereocenters. The summed E-state index contributed by atoms with van der Waals surface area (Å²) in [6.07, 6.45) is 16.9. The summed E-state index contributed by atoms with van der Waals surface area (Å²) in [5.41, 5.74) is 0.498. The molecule has 0 amide bonds. The zero-order valence-corrected chi connectivity index (χ0v) is 14.6. The first kappa shape index (κ1) is 17.3. The highest BCUT2D eigenvalue weighted by Gasteiger charge is 2.38. The van der Waals surface area contributed by atoms with Gasteiger partial charge in [0.15, 0.2) is 0 Å². The van der Waals surface area contributed by atoms with Crippen LogP contribution in [0.2, 0.25) is 0 Å². The van der Waals surface area contributed by atoms with Crippen LogP contribution in [0, 0.1) is 0 Å². The van der Waals surface area contributed by atoms with Gasteiger partial charge >= 0.3 is 0 Å². The zero-order chi connectivity index (χ0) is 15.0. The minimum absolute atomic E-state index is 0.498. The second-order valence-electron chi connectivity index (χ2n) is 7.49. The molecule has 1 N–H and O–H groups in total. The molecular formula is C19H38N2. The molecule has 0 bridgehead atoms. The van der Waals surface area contributed by atoms with Crippen molar-refractivity contribution in [3.8, 4) is 0 Å². The lowest BCUT2D eigenvalue weighted by Crippen LogP contribution is -2.58. The third-order valence-corrected chi connectivity index (χ3v) is 5.81. The number of piperidine rings is 1. The first-order valence-electron chi connectivity index (χ1n) is 9.79. The molecule has 2 nitrogen and oxygen atoms in total. The van der Waals surface area contributed by atoms with E-state index in [1.54, 1.807) is 0 Å². The van der Waals surface area contributed by atoms with E-state index in [2.05, 4.69) is 24.1 Å². The van der Waals surface area contributed by atoms with E-state index >= 15 is 0 Å². The topological polar surface area (TPSA) is 15.3 Å². The maximum Gasteiger partial charge on any atom is 0.0334 e. The summed E-state index contributed by atoms with van der Waals surface area (Å²) in [5.74, 6) is 0. The van der Waals surface area contributed by atoms with Gasteiger partial charge in [-0.3, -0.25) is 4.90 Å². The monoisotopic (exact) mass is 294 g/mol. The molecule has 124 valence electrons. The van der Waals surface area contributed by atoms with E-state index in [4.69, 9.17) is 0 Å². The largest absolute Gasteiger partial charge is 0.312 e. The summed E-state index contributed by atoms with van der Waals surface area (Å²) in [6.45, 7) is 8.61. The van der Waals surface area contributed by atoms with Gasteiger partial charge in [0, 0.05) is 18.1 Å². The van der Waals surface area contributed by atoms with Gasteiger partial charge in [-0.1, -0.05) is 52.4 Å². The van der Waals surface area contributed by atoms with Crippen LogP contribution in [-0.2, 0) is 0 Å². The Morgan fingerprint density at radius 3 is 2.00 bits per heavy atom. The molecule has 0 radical (unpaired) electrons. The molecule has 0 aromatic carbocycles. The number of nitrogens with one attached hydrogen (secondary N) is 1. The van der Waals surface area contributed by atoms with Crippen LogP contribution >= 0.6 is 0 Å². The van der Waals surface area contributed by atoms with Crippen molar-refractivity contribution in [1.82, 2.24) is 10.2 Å². The third-order valence-electron chi connectivity index (χ3n) is 5.81. The minimum Gasteiger partial charge on any atom is -0.312 e. The quantitative estimate of drug-likeness (QED) is 0.696. The first-order chi connectivity index (χ1) is 10.3. The molecule has 1 saturated carbocycles. The van der Waals surface area contributed by atoms with Crippen molar-refractivity contribution >= 4 is 0 Å². The van der Waals surface area contributed by atoms with E-state index in [1.165, 1.54) is 96.7 Å². The van der Waals surface area contributed by atoms with E-state index in [1.807, 2.05) is 0 Å². The van der Waals surface area contributed by atoms with Gasteiger partial charge in [-0.05, 0) is 51.6 Å². The van der Waals surface area contributed by atoms with Gasteiger partial charge in [0.05, 0.1) is 0 Å². The Labute approximate surface area is 133 Å². The number of rotatable bonds is 8. The van der Waals surface area contributed by atoms with Gasteiger partial charge < -0.3 is 5.32 Å². The van der Waals surface area contributed by atoms with E-state index in [0.29, 0.717) is 5.54 Å². The van der Waals surface area contributed by atoms with Crippen LogP contribution in [0.5, 0.6) is 0 Å². The normalized spacial score (nSPS) is 23.6. The fraction of sp³-hybridized carbons (Fsp3) is 1.00. The number of nitrogens with zero attached hydrogens (tertiary/aromatic N) is 1. The van der Waals surface area contributed by atoms with Crippen LogP contribution in [-0.4, -0.2) is 36.1 Å². The van der Waals surface area contributed by atoms with Crippen molar-refractivity contribution in [2.75, 3.05) is 19.6 Å². The maximum absolute atomic E-state index is 3.99. The molecule has 0 spiro atoms. The Hall–Kier alpha value is -0.0800. The van der Waals surface area contributed by atoms with E-state index in [-0.39, 0.29) is 0 Å². The Kier molecular flexibility index (Phi) is 7.53. The highest BCUT2D eigenvalue weighted by atomic mass is 15.2. The molecule has 0 aromatic heterocycles. The molecule has 0 atom stereocenters. The van der Waals surface area contributed by atoms with Crippen LogP contribution in [0.3, 0.4) is 0 Å². The van der Waals surface area contributed by atoms with Gasteiger partial charge in [0.25, 0.3) is 0 Å². The van der Waals surface area contributed by atoms with Crippen LogP contribution in [0.1, 0.15) is 90.9 Å². The number of hydrogen-bond donors (Lipinski definition) is 1. The molecule has 21 heavy (non-hydrogen) atoms. The molecule has 2 aliphatic rings. The highest BCUT2D eigenvalue weighted by molar-refractivity contribution is 4.96. The van der Waals surface area contributed by atoms with Crippen molar-refractivity contribution in [1.29, 1.82) is 0 Å². The summed E-state index contributed by atoms with van der Waals surface area (Å²) >= 11 is 0. The van der Waals surface area contributed by atoms with E-state index in [9.17, 15) is 0 Å². The molecule has 0 aromatic rings. The lowest BCUT2D eigenvalue weighted by atomic mass is 9.79. The zero-order valence-electron chi connectivity index (χ0n) is 14.6. The van der Waals surface area contributed by atoms with E-state index < -0.39 is 0 Å². The summed E-state index contributed by atoms with van der Waals surface area (Å²) in [7, 11) is 0. The Bertz CT molecular complexity index is 259. The van der Waals surface area contributed by atoms with E-state index in [0.717, 1.165) is 6.04 Å². The summed E-state index contributed by atoms with van der Waals surface area (Å²) in [5, 5.41) is 3.99. The third kappa shape index (κ3) is 4.96. The molecular weight excluding hydrogens is 256 g/mol. The average molecular weight is 295 g/mol. The van der Waals surface area contributed by atoms with Crippen LogP contribution < -0.4 is 5.32 Å². The van der Waals surface area contributed by atoms with Crippen molar-refractivity contribution in [3.63, 3.8) is 0 Å². The molecule has 2 rings (SSSR count). The van der Waals surface area contributed by atoms with Gasteiger partial charge in [-0.25, -0.2) is 0 Å². The van der Waals surface area contributed by atoms with Crippen molar-refractivity contribution < 1.29 is 0 Å². The van der Waals surface area contributed by atoms with Crippen LogP contribution in [0.25, 0.3) is 0 Å². The lowest BCUT2D eigenvalue weighted by Gasteiger charge is -2.49. The molecule has 1 aliphatic heterocycles. The summed E-state index contributed by atoms with van der Waals surface area (Å²) < 4.78 is 0. The smallest absolute Gasteiger partial charge is 0.0334 e. The summed E-state index contributed by atoms with van der Waals surface area (Å²) in [6, 6.07) is 0.753. The SMILES string of the molecule is CCCC(CCC)NCC1(N2CCCCC2)CCCCC1. The predicted octanol–water partition coefficient (Wildman–Crippen LogP) is 4.73.